The van der Waals surface area contributed by atoms with E-state index in [0.29, 0.717) is 6.54 Å². The summed E-state index contributed by atoms with van der Waals surface area (Å²) in [5.41, 5.74) is 3.89. The summed E-state index contributed by atoms with van der Waals surface area (Å²) in [5.74, 6) is 0.220. The van der Waals surface area contributed by atoms with Crippen molar-refractivity contribution in [2.75, 3.05) is 44.7 Å². The van der Waals surface area contributed by atoms with Gasteiger partial charge in [-0.25, -0.2) is 0 Å². The molecule has 1 amide bonds. The Morgan fingerprint density at radius 1 is 1.11 bits per heavy atom. The van der Waals surface area contributed by atoms with E-state index in [4.69, 9.17) is 11.6 Å². The van der Waals surface area contributed by atoms with Crippen LogP contribution in [-0.2, 0) is 11.2 Å². The number of halogens is 1. The minimum Gasteiger partial charge on any atom is -0.369 e. The Hall–Kier alpha value is -2.04. The lowest BCUT2D eigenvalue weighted by Crippen LogP contribution is -2.50. The maximum absolute atomic E-state index is 13.0. The van der Waals surface area contributed by atoms with Gasteiger partial charge in [0, 0.05) is 43.9 Å². The van der Waals surface area contributed by atoms with Crippen LogP contribution in [0.4, 0.5) is 5.69 Å². The van der Waals surface area contributed by atoms with Crippen LogP contribution in [0.3, 0.4) is 0 Å². The molecule has 1 aliphatic carbocycles. The highest BCUT2D eigenvalue weighted by atomic mass is 35.5. The first-order valence-corrected chi connectivity index (χ1v) is 10.6. The van der Waals surface area contributed by atoms with E-state index < -0.39 is 0 Å². The first-order chi connectivity index (χ1) is 13.6. The number of fused-ring (bicyclic) bond motifs is 1. The minimum absolute atomic E-state index is 0.213. The number of hydrogen-bond donors (Lipinski definition) is 0. The quantitative estimate of drug-likeness (QED) is 0.780. The van der Waals surface area contributed by atoms with Gasteiger partial charge < -0.3 is 9.80 Å². The predicted molar refractivity (Wildman–Crippen MR) is 115 cm³/mol. The average molecular weight is 398 g/mol. The molecule has 1 saturated heterocycles. The lowest BCUT2D eigenvalue weighted by molar-refractivity contribution is -0.133. The van der Waals surface area contributed by atoms with Crippen molar-refractivity contribution in [1.82, 2.24) is 9.80 Å². The van der Waals surface area contributed by atoms with Crippen molar-refractivity contribution in [2.24, 2.45) is 0 Å². The molecule has 2 aromatic carbocycles. The summed E-state index contributed by atoms with van der Waals surface area (Å²) >= 11 is 6.12. The van der Waals surface area contributed by atoms with Gasteiger partial charge in [0.05, 0.1) is 12.6 Å². The van der Waals surface area contributed by atoms with Gasteiger partial charge in [0.25, 0.3) is 0 Å². The number of piperazine rings is 1. The van der Waals surface area contributed by atoms with Crippen LogP contribution < -0.4 is 4.90 Å². The molecule has 0 unspecified atom stereocenters. The van der Waals surface area contributed by atoms with Gasteiger partial charge in [-0.15, -0.1) is 0 Å². The second-order valence-corrected chi connectivity index (χ2v) is 8.29. The molecule has 4 rings (SSSR count). The Labute approximate surface area is 172 Å². The number of amides is 1. The standard InChI is InChI=1S/C23H28ClN3O/c1-25(22-11-4-7-18-6-2-3-10-21(18)22)23(28)17-26-12-14-27(15-13-26)20-9-5-8-19(24)16-20/h2-3,5-6,8-10,16,22H,4,7,11-15,17H2,1H3/t22-/m0/s1. The Kier molecular flexibility index (Phi) is 5.88. The molecule has 1 heterocycles. The highest BCUT2D eigenvalue weighted by molar-refractivity contribution is 6.30. The van der Waals surface area contributed by atoms with E-state index in [0.717, 1.165) is 56.2 Å². The van der Waals surface area contributed by atoms with Gasteiger partial charge in [-0.1, -0.05) is 41.9 Å². The van der Waals surface area contributed by atoms with Gasteiger partial charge in [-0.3, -0.25) is 9.69 Å². The first kappa shape index (κ1) is 19.3. The van der Waals surface area contributed by atoms with E-state index in [1.807, 2.05) is 30.1 Å². The normalized spacial score (nSPS) is 19.9. The molecule has 2 aromatic rings. The van der Waals surface area contributed by atoms with E-state index in [2.05, 4.69) is 40.1 Å². The molecule has 0 radical (unpaired) electrons. The lowest BCUT2D eigenvalue weighted by atomic mass is 9.87. The number of likely N-dealkylation sites (N-methyl/N-ethyl adjacent to an activating group) is 1. The van der Waals surface area contributed by atoms with Gasteiger partial charge in [0.1, 0.15) is 0 Å². The van der Waals surface area contributed by atoms with E-state index >= 15 is 0 Å². The van der Waals surface area contributed by atoms with Crippen LogP contribution in [0.5, 0.6) is 0 Å². The average Bonchev–Trinajstić information content (AvgIpc) is 2.73. The fraction of sp³-hybridized carbons (Fsp3) is 0.435. The number of hydrogen-bond acceptors (Lipinski definition) is 3. The summed E-state index contributed by atoms with van der Waals surface area (Å²) in [6.45, 7) is 4.13. The molecule has 28 heavy (non-hydrogen) atoms. The fourth-order valence-corrected chi connectivity index (χ4v) is 4.63. The smallest absolute Gasteiger partial charge is 0.237 e. The Morgan fingerprint density at radius 3 is 2.68 bits per heavy atom. The maximum Gasteiger partial charge on any atom is 0.237 e. The molecule has 0 N–H and O–H groups in total. The van der Waals surface area contributed by atoms with Crippen molar-refractivity contribution in [3.63, 3.8) is 0 Å². The zero-order chi connectivity index (χ0) is 19.5. The number of carbonyl (C=O) groups excluding carboxylic acids is 1. The number of rotatable bonds is 4. The van der Waals surface area contributed by atoms with Gasteiger partial charge in [0.2, 0.25) is 5.91 Å². The van der Waals surface area contributed by atoms with Gasteiger partial charge in [0.15, 0.2) is 0 Å². The number of carbonyl (C=O) groups is 1. The maximum atomic E-state index is 13.0. The lowest BCUT2D eigenvalue weighted by Gasteiger charge is -2.38. The monoisotopic (exact) mass is 397 g/mol. The second kappa shape index (κ2) is 8.54. The van der Waals surface area contributed by atoms with Crippen LogP contribution in [0.2, 0.25) is 5.02 Å². The fourth-order valence-electron chi connectivity index (χ4n) is 4.44. The minimum atomic E-state index is 0.213. The van der Waals surface area contributed by atoms with Crippen molar-refractivity contribution >= 4 is 23.2 Å². The van der Waals surface area contributed by atoms with Gasteiger partial charge in [-0.2, -0.15) is 0 Å². The molecule has 0 spiro atoms. The van der Waals surface area contributed by atoms with Crippen molar-refractivity contribution in [3.05, 3.63) is 64.7 Å². The van der Waals surface area contributed by atoms with Crippen molar-refractivity contribution in [3.8, 4) is 0 Å². The molecule has 2 aliphatic rings. The van der Waals surface area contributed by atoms with E-state index in [-0.39, 0.29) is 11.9 Å². The van der Waals surface area contributed by atoms with Crippen LogP contribution in [-0.4, -0.2) is 55.5 Å². The van der Waals surface area contributed by atoms with Crippen LogP contribution in [0, 0.1) is 0 Å². The number of benzene rings is 2. The van der Waals surface area contributed by atoms with Crippen molar-refractivity contribution in [1.29, 1.82) is 0 Å². The topological polar surface area (TPSA) is 26.8 Å². The summed E-state index contributed by atoms with van der Waals surface area (Å²) in [6, 6.07) is 16.8. The molecule has 0 saturated carbocycles. The summed E-state index contributed by atoms with van der Waals surface area (Å²) < 4.78 is 0. The van der Waals surface area contributed by atoms with E-state index in [1.165, 1.54) is 11.1 Å². The van der Waals surface area contributed by atoms with Crippen LogP contribution in [0.1, 0.15) is 30.0 Å². The summed E-state index contributed by atoms with van der Waals surface area (Å²) in [6.07, 6.45) is 3.33. The largest absolute Gasteiger partial charge is 0.369 e. The first-order valence-electron chi connectivity index (χ1n) is 10.2. The number of anilines is 1. The van der Waals surface area contributed by atoms with Crippen LogP contribution >= 0.6 is 11.6 Å². The highest BCUT2D eigenvalue weighted by Gasteiger charge is 2.28. The molecule has 0 aromatic heterocycles. The van der Waals surface area contributed by atoms with E-state index in [1.54, 1.807) is 0 Å². The molecule has 4 nitrogen and oxygen atoms in total. The predicted octanol–water partition coefficient (Wildman–Crippen LogP) is 4.00. The number of nitrogens with zero attached hydrogens (tertiary/aromatic N) is 3. The molecule has 1 atom stereocenters. The zero-order valence-electron chi connectivity index (χ0n) is 16.5. The Morgan fingerprint density at radius 2 is 1.89 bits per heavy atom. The second-order valence-electron chi connectivity index (χ2n) is 7.85. The third-order valence-electron chi connectivity index (χ3n) is 6.10. The molecule has 1 aliphatic heterocycles. The number of aryl methyl sites for hydroxylation is 1. The molecule has 0 bridgehead atoms. The molecular weight excluding hydrogens is 370 g/mol. The third-order valence-corrected chi connectivity index (χ3v) is 6.34. The van der Waals surface area contributed by atoms with Gasteiger partial charge in [-0.05, 0) is 48.6 Å². The van der Waals surface area contributed by atoms with Crippen molar-refractivity contribution in [2.45, 2.75) is 25.3 Å². The van der Waals surface area contributed by atoms with E-state index in [9.17, 15) is 4.79 Å². The van der Waals surface area contributed by atoms with Crippen molar-refractivity contribution < 1.29 is 4.79 Å². The SMILES string of the molecule is CN(C(=O)CN1CCN(c2cccc(Cl)c2)CC1)[C@H]1CCCc2ccccc21. The Bertz CT molecular complexity index is 832. The molecule has 5 heteroatoms. The Balaban J connectivity index is 1.34. The van der Waals surface area contributed by atoms with Crippen LogP contribution in [0.25, 0.3) is 0 Å². The summed E-state index contributed by atoms with van der Waals surface area (Å²) in [4.78, 5) is 19.6. The molecule has 148 valence electrons. The third kappa shape index (κ3) is 4.18. The molecular formula is C23H28ClN3O. The van der Waals surface area contributed by atoms with Gasteiger partial charge >= 0.3 is 0 Å². The van der Waals surface area contributed by atoms with Crippen LogP contribution in [0.15, 0.2) is 48.5 Å². The highest BCUT2D eigenvalue weighted by Crippen LogP contribution is 2.33. The summed E-state index contributed by atoms with van der Waals surface area (Å²) in [5, 5.41) is 0.768. The summed E-state index contributed by atoms with van der Waals surface area (Å²) in [7, 11) is 1.97. The molecule has 1 fully saturated rings. The zero-order valence-corrected chi connectivity index (χ0v) is 17.2.